The largest absolute Gasteiger partial charge is 0.404 e. The van der Waals surface area contributed by atoms with Crippen molar-refractivity contribution in [3.05, 3.63) is 47.8 Å². The lowest BCUT2D eigenvalue weighted by atomic mass is 10.1. The number of aromatic amines is 1. The van der Waals surface area contributed by atoms with Crippen LogP contribution in [0.2, 0.25) is 0 Å². The highest BCUT2D eigenvalue weighted by Crippen LogP contribution is 2.42. The maximum atomic E-state index is 14.6. The van der Waals surface area contributed by atoms with Gasteiger partial charge in [0.25, 0.3) is 6.01 Å². The molecule has 166 valence electrons. The lowest BCUT2D eigenvalue weighted by Gasteiger charge is -2.10. The van der Waals surface area contributed by atoms with Crippen molar-refractivity contribution in [3.8, 4) is 22.6 Å². The van der Waals surface area contributed by atoms with Crippen molar-refractivity contribution in [2.45, 2.75) is 38.1 Å². The number of ether oxygens (including phenoxy) is 1. The third-order valence-corrected chi connectivity index (χ3v) is 5.51. The van der Waals surface area contributed by atoms with Gasteiger partial charge in [0.15, 0.2) is 0 Å². The summed E-state index contributed by atoms with van der Waals surface area (Å²) in [5, 5.41) is 3.20. The number of imidazole rings is 1. The quantitative estimate of drug-likeness (QED) is 0.389. The van der Waals surface area contributed by atoms with Crippen molar-refractivity contribution >= 4 is 17.2 Å². The van der Waals surface area contributed by atoms with Crippen LogP contribution in [0.4, 0.5) is 14.8 Å². The van der Waals surface area contributed by atoms with Gasteiger partial charge in [-0.2, -0.15) is 4.98 Å². The molecule has 0 spiro atoms. The van der Waals surface area contributed by atoms with Gasteiger partial charge in [-0.3, -0.25) is 0 Å². The van der Waals surface area contributed by atoms with Crippen LogP contribution in [0.5, 0.6) is 0 Å². The minimum Gasteiger partial charge on any atom is -0.404 e. The number of hydrogen-bond acceptors (Lipinski definition) is 6. The maximum Gasteiger partial charge on any atom is 0.297 e. The average molecular weight is 439 g/mol. The molecule has 0 radical (unpaired) electrons. The lowest BCUT2D eigenvalue weighted by Crippen LogP contribution is -2.17. The van der Waals surface area contributed by atoms with Crippen LogP contribution in [-0.2, 0) is 4.74 Å². The summed E-state index contributed by atoms with van der Waals surface area (Å²) in [5.74, 6) is -0.194. The Morgan fingerprint density at radius 3 is 2.78 bits per heavy atom. The second-order valence-electron chi connectivity index (χ2n) is 8.11. The van der Waals surface area contributed by atoms with Gasteiger partial charge in [-0.1, -0.05) is 0 Å². The van der Waals surface area contributed by atoms with Crippen LogP contribution in [0.15, 0.2) is 34.7 Å². The molecule has 1 unspecified atom stereocenters. The van der Waals surface area contributed by atoms with Gasteiger partial charge >= 0.3 is 0 Å². The van der Waals surface area contributed by atoms with Gasteiger partial charge in [0.2, 0.25) is 5.71 Å². The fraction of sp³-hybridized carbons (Fsp3) is 0.348. The number of fused-ring (bicyclic) bond motifs is 1. The molecule has 1 saturated carbocycles. The predicted molar refractivity (Wildman–Crippen MR) is 116 cm³/mol. The zero-order valence-corrected chi connectivity index (χ0v) is 17.8. The van der Waals surface area contributed by atoms with E-state index in [4.69, 9.17) is 9.15 Å². The summed E-state index contributed by atoms with van der Waals surface area (Å²) < 4.78 is 38.9. The first kappa shape index (κ1) is 20.6. The van der Waals surface area contributed by atoms with Gasteiger partial charge in [-0.15, -0.1) is 0 Å². The summed E-state index contributed by atoms with van der Waals surface area (Å²) >= 11 is 0. The summed E-state index contributed by atoms with van der Waals surface area (Å²) in [5.41, 5.74) is 2.70. The third kappa shape index (κ3) is 4.08. The molecule has 0 saturated heterocycles. The summed E-state index contributed by atoms with van der Waals surface area (Å²) in [6, 6.07) is 7.57. The van der Waals surface area contributed by atoms with Gasteiger partial charge in [0, 0.05) is 37.3 Å². The molecule has 1 aliphatic rings. The monoisotopic (exact) mass is 439 g/mol. The Kier molecular flexibility index (Phi) is 5.34. The molecule has 0 aliphatic heterocycles. The maximum absolute atomic E-state index is 14.6. The van der Waals surface area contributed by atoms with Crippen molar-refractivity contribution < 1.29 is 17.9 Å². The van der Waals surface area contributed by atoms with E-state index in [0.717, 1.165) is 31.2 Å². The zero-order chi connectivity index (χ0) is 22.2. The van der Waals surface area contributed by atoms with Crippen molar-refractivity contribution in [1.82, 2.24) is 19.9 Å². The standard InChI is InChI=1S/C23H23F2N5O2/c1-12(9-10-31-2)26-23-28-18-8-7-17(27-22(18)32-23)20-19(29-21(30-20)13-3-4-13)15-6-5-14(24)11-16(15)25/h5-8,11-13H,3-4,9-10H2,1-2H3,(H,26,28)(H,29,30). The van der Waals surface area contributed by atoms with Gasteiger partial charge in [-0.25, -0.2) is 18.7 Å². The van der Waals surface area contributed by atoms with E-state index in [1.807, 2.05) is 6.92 Å². The van der Waals surface area contributed by atoms with Crippen LogP contribution in [0.25, 0.3) is 33.9 Å². The minimum absolute atomic E-state index is 0.115. The second-order valence-corrected chi connectivity index (χ2v) is 8.11. The van der Waals surface area contributed by atoms with Gasteiger partial charge in [0.1, 0.15) is 28.7 Å². The average Bonchev–Trinajstić information content (AvgIpc) is 3.40. The van der Waals surface area contributed by atoms with E-state index >= 15 is 0 Å². The van der Waals surface area contributed by atoms with Gasteiger partial charge in [0.05, 0.1) is 11.4 Å². The van der Waals surface area contributed by atoms with Crippen LogP contribution in [0, 0.1) is 11.6 Å². The summed E-state index contributed by atoms with van der Waals surface area (Å²) in [4.78, 5) is 17.0. The number of halogens is 2. The molecule has 7 nitrogen and oxygen atoms in total. The summed E-state index contributed by atoms with van der Waals surface area (Å²) in [6.45, 7) is 2.64. The Balaban J connectivity index is 1.51. The SMILES string of the molecule is COCCC(C)Nc1nc2ccc(-c3[nH]c(C4CC4)nc3-c3ccc(F)cc3F)nc2o1. The van der Waals surface area contributed by atoms with Crippen molar-refractivity contribution in [2.75, 3.05) is 19.0 Å². The van der Waals surface area contributed by atoms with Crippen molar-refractivity contribution in [3.63, 3.8) is 0 Å². The van der Waals surface area contributed by atoms with Gasteiger partial charge in [-0.05, 0) is 50.5 Å². The number of nitrogens with one attached hydrogen (secondary N) is 2. The van der Waals surface area contributed by atoms with Crippen LogP contribution < -0.4 is 5.32 Å². The molecule has 9 heteroatoms. The Morgan fingerprint density at radius 2 is 2.03 bits per heavy atom. The van der Waals surface area contributed by atoms with E-state index in [1.54, 1.807) is 19.2 Å². The topological polar surface area (TPSA) is 88.9 Å². The smallest absolute Gasteiger partial charge is 0.297 e. The Morgan fingerprint density at radius 1 is 1.19 bits per heavy atom. The molecular formula is C23H23F2N5O2. The first-order valence-corrected chi connectivity index (χ1v) is 10.6. The van der Waals surface area contributed by atoms with Crippen LogP contribution in [-0.4, -0.2) is 39.7 Å². The number of anilines is 1. The first-order chi connectivity index (χ1) is 15.5. The number of aromatic nitrogens is 4. The highest BCUT2D eigenvalue weighted by Gasteiger charge is 2.29. The highest BCUT2D eigenvalue weighted by atomic mass is 19.1. The molecule has 2 N–H and O–H groups in total. The number of oxazole rings is 1. The molecule has 1 aliphatic carbocycles. The van der Waals surface area contributed by atoms with Crippen molar-refractivity contribution in [2.24, 2.45) is 0 Å². The number of nitrogens with zero attached hydrogens (tertiary/aromatic N) is 3. The van der Waals surface area contributed by atoms with Crippen LogP contribution in [0.3, 0.4) is 0 Å². The van der Waals surface area contributed by atoms with E-state index in [2.05, 4.69) is 25.3 Å². The highest BCUT2D eigenvalue weighted by molar-refractivity contribution is 5.81. The first-order valence-electron chi connectivity index (χ1n) is 10.6. The molecule has 4 aromatic rings. The molecule has 1 aromatic carbocycles. The molecule has 0 bridgehead atoms. The third-order valence-electron chi connectivity index (χ3n) is 5.51. The zero-order valence-electron chi connectivity index (χ0n) is 17.8. The minimum atomic E-state index is -0.669. The van der Waals surface area contributed by atoms with Crippen molar-refractivity contribution in [1.29, 1.82) is 0 Å². The molecule has 3 aromatic heterocycles. The number of hydrogen-bond donors (Lipinski definition) is 2. The predicted octanol–water partition coefficient (Wildman–Crippen LogP) is 5.27. The second kappa shape index (κ2) is 8.31. The molecule has 3 heterocycles. The number of benzene rings is 1. The number of methoxy groups -OCH3 is 1. The number of pyridine rings is 1. The van der Waals surface area contributed by atoms with E-state index in [9.17, 15) is 8.78 Å². The summed E-state index contributed by atoms with van der Waals surface area (Å²) in [6.07, 6.45) is 2.87. The fourth-order valence-electron chi connectivity index (χ4n) is 3.60. The fourth-order valence-corrected chi connectivity index (χ4v) is 3.60. The molecule has 5 rings (SSSR count). The van der Waals surface area contributed by atoms with Crippen LogP contribution in [0.1, 0.15) is 37.9 Å². The molecule has 0 amide bonds. The van der Waals surface area contributed by atoms with E-state index < -0.39 is 11.6 Å². The number of rotatable bonds is 8. The van der Waals surface area contributed by atoms with E-state index in [0.29, 0.717) is 46.9 Å². The Hall–Kier alpha value is -3.33. The molecular weight excluding hydrogens is 416 g/mol. The molecule has 1 atom stereocenters. The van der Waals surface area contributed by atoms with E-state index in [-0.39, 0.29) is 11.6 Å². The van der Waals surface area contributed by atoms with E-state index in [1.165, 1.54) is 12.1 Å². The van der Waals surface area contributed by atoms with Crippen LogP contribution >= 0.6 is 0 Å². The molecule has 1 fully saturated rings. The lowest BCUT2D eigenvalue weighted by molar-refractivity contribution is 0.191. The number of H-pyrrole nitrogens is 1. The Bertz CT molecular complexity index is 1260. The normalized spacial score (nSPS) is 14.8. The summed E-state index contributed by atoms with van der Waals surface area (Å²) in [7, 11) is 1.66. The Labute approximate surface area is 183 Å². The van der Waals surface area contributed by atoms with Gasteiger partial charge < -0.3 is 19.5 Å². The molecule has 32 heavy (non-hydrogen) atoms.